The maximum absolute atomic E-state index is 12.9. The topological polar surface area (TPSA) is 107 Å². The van der Waals surface area contributed by atoms with Gasteiger partial charge in [-0.1, -0.05) is 0 Å². The molecule has 2 rings (SSSR count). The molecule has 7 nitrogen and oxygen atoms in total. The number of carbonyl (C=O) groups excluding carboxylic acids is 1. The number of hydrogen-bond donors (Lipinski definition) is 4. The highest BCUT2D eigenvalue weighted by molar-refractivity contribution is 5.78. The van der Waals surface area contributed by atoms with E-state index < -0.39 is 17.4 Å². The van der Waals surface area contributed by atoms with Crippen LogP contribution in [0.2, 0.25) is 0 Å². The van der Waals surface area contributed by atoms with Gasteiger partial charge in [0.25, 0.3) is 5.56 Å². The quantitative estimate of drug-likeness (QED) is 0.530. The molecule has 1 aliphatic heterocycles. The largest absolute Gasteiger partial charge is 0.354 e. The summed E-state index contributed by atoms with van der Waals surface area (Å²) in [6, 6.07) is -0.0761. The van der Waals surface area contributed by atoms with Gasteiger partial charge < -0.3 is 15.6 Å². The smallest absolute Gasteiger partial charge is 0.325 e. The van der Waals surface area contributed by atoms with Crippen LogP contribution in [0.15, 0.2) is 15.8 Å². The Balaban J connectivity index is 1.84. The molecule has 0 radical (unpaired) electrons. The van der Waals surface area contributed by atoms with E-state index >= 15 is 0 Å². The van der Waals surface area contributed by atoms with Gasteiger partial charge in [-0.2, -0.15) is 0 Å². The van der Waals surface area contributed by atoms with Crippen LogP contribution in [0, 0.1) is 0 Å². The predicted octanol–water partition coefficient (Wildman–Crippen LogP) is -1.58. The summed E-state index contributed by atoms with van der Waals surface area (Å²) in [5, 5.41) is 5.56. The van der Waals surface area contributed by atoms with Crippen molar-refractivity contribution in [1.82, 2.24) is 20.6 Å². The SMILES string of the molecule is O=C(Cc1c[nH]c(=O)[nH]c1=O)NC[C@@H]1C[C@H](F)CN1. The van der Waals surface area contributed by atoms with Crippen molar-refractivity contribution in [2.75, 3.05) is 13.1 Å². The number of rotatable bonds is 4. The maximum Gasteiger partial charge on any atom is 0.325 e. The first-order valence-electron chi connectivity index (χ1n) is 5.99. The molecule has 1 fully saturated rings. The van der Waals surface area contributed by atoms with Gasteiger partial charge in [-0.3, -0.25) is 14.6 Å². The third-order valence-electron chi connectivity index (χ3n) is 2.96. The number of halogens is 1. The number of amides is 1. The summed E-state index contributed by atoms with van der Waals surface area (Å²) < 4.78 is 12.9. The summed E-state index contributed by atoms with van der Waals surface area (Å²) in [6.07, 6.45) is 0.591. The van der Waals surface area contributed by atoms with Gasteiger partial charge in [0.05, 0.1) is 6.42 Å². The second kappa shape index (κ2) is 5.79. The molecule has 8 heteroatoms. The Kier molecular flexibility index (Phi) is 4.10. The lowest BCUT2D eigenvalue weighted by Crippen LogP contribution is -2.38. The number of H-pyrrole nitrogens is 2. The molecule has 1 saturated heterocycles. The molecule has 4 N–H and O–H groups in total. The average molecular weight is 270 g/mol. The molecular formula is C11H15FN4O3. The molecule has 0 unspecified atom stereocenters. The van der Waals surface area contributed by atoms with Crippen molar-refractivity contribution in [3.05, 3.63) is 32.6 Å². The molecule has 0 spiro atoms. The van der Waals surface area contributed by atoms with Crippen molar-refractivity contribution >= 4 is 5.91 Å². The number of aromatic nitrogens is 2. The lowest BCUT2D eigenvalue weighted by atomic mass is 10.2. The minimum Gasteiger partial charge on any atom is -0.354 e. The molecule has 104 valence electrons. The van der Waals surface area contributed by atoms with Crippen LogP contribution in [0.25, 0.3) is 0 Å². The molecule has 0 aromatic carbocycles. The molecule has 2 heterocycles. The van der Waals surface area contributed by atoms with Gasteiger partial charge in [0.2, 0.25) is 5.91 Å². The standard InChI is InChI=1S/C11H15FN4O3/c12-7-2-8(13-4-7)5-14-9(17)1-6-3-15-11(19)16-10(6)18/h3,7-8,13H,1-2,4-5H2,(H,14,17)(H2,15,16,18,19)/t7-,8-/m0/s1. The third kappa shape index (κ3) is 3.75. The van der Waals surface area contributed by atoms with E-state index in [1.165, 1.54) is 6.20 Å². The monoisotopic (exact) mass is 270 g/mol. The number of nitrogens with one attached hydrogen (secondary N) is 4. The minimum atomic E-state index is -0.871. The average Bonchev–Trinajstić information content (AvgIpc) is 2.76. The highest BCUT2D eigenvalue weighted by atomic mass is 19.1. The maximum atomic E-state index is 12.9. The molecule has 1 aliphatic rings. The second-order valence-corrected chi connectivity index (χ2v) is 4.52. The van der Waals surface area contributed by atoms with Crippen LogP contribution < -0.4 is 21.9 Å². The van der Waals surface area contributed by atoms with Crippen LogP contribution in [0.3, 0.4) is 0 Å². The van der Waals surface area contributed by atoms with Crippen LogP contribution in [-0.2, 0) is 11.2 Å². The highest BCUT2D eigenvalue weighted by Gasteiger charge is 2.23. The van der Waals surface area contributed by atoms with E-state index in [0.29, 0.717) is 19.5 Å². The summed E-state index contributed by atoms with van der Waals surface area (Å²) >= 11 is 0. The normalized spacial score (nSPS) is 22.4. The molecule has 1 aromatic heterocycles. The molecule has 1 aromatic rings. The van der Waals surface area contributed by atoms with E-state index in [1.54, 1.807) is 0 Å². The molecule has 1 amide bonds. The van der Waals surface area contributed by atoms with Crippen molar-refractivity contribution in [1.29, 1.82) is 0 Å². The number of aromatic amines is 2. The number of hydrogen-bond acceptors (Lipinski definition) is 4. The fourth-order valence-electron chi connectivity index (χ4n) is 1.97. The van der Waals surface area contributed by atoms with Crippen molar-refractivity contribution in [3.8, 4) is 0 Å². The van der Waals surface area contributed by atoms with Crippen LogP contribution >= 0.6 is 0 Å². The lowest BCUT2D eigenvalue weighted by Gasteiger charge is -2.10. The van der Waals surface area contributed by atoms with E-state index in [9.17, 15) is 18.8 Å². The summed E-state index contributed by atoms with van der Waals surface area (Å²) in [7, 11) is 0. The summed E-state index contributed by atoms with van der Waals surface area (Å²) in [5.41, 5.74) is -1.01. The van der Waals surface area contributed by atoms with Crippen molar-refractivity contribution in [3.63, 3.8) is 0 Å². The molecule has 0 bridgehead atoms. The first-order chi connectivity index (χ1) is 9.04. The Bertz CT molecular complexity index is 568. The minimum absolute atomic E-state index is 0.0761. The molecular weight excluding hydrogens is 255 g/mol. The van der Waals surface area contributed by atoms with Gasteiger partial charge in [0.15, 0.2) is 0 Å². The first kappa shape index (κ1) is 13.5. The molecule has 19 heavy (non-hydrogen) atoms. The Labute approximate surface area is 107 Å². The molecule has 0 aliphatic carbocycles. The van der Waals surface area contributed by atoms with E-state index in [4.69, 9.17) is 0 Å². The van der Waals surface area contributed by atoms with Gasteiger partial charge in [-0.25, -0.2) is 9.18 Å². The van der Waals surface area contributed by atoms with E-state index in [2.05, 4.69) is 15.6 Å². The van der Waals surface area contributed by atoms with E-state index in [-0.39, 0.29) is 23.9 Å². The van der Waals surface area contributed by atoms with Gasteiger partial charge in [0.1, 0.15) is 6.17 Å². The number of carbonyl (C=O) groups is 1. The van der Waals surface area contributed by atoms with Crippen LogP contribution in [0.4, 0.5) is 4.39 Å². The summed E-state index contributed by atoms with van der Waals surface area (Å²) in [6.45, 7) is 0.626. The molecule has 0 saturated carbocycles. The Morgan fingerprint density at radius 3 is 2.89 bits per heavy atom. The third-order valence-corrected chi connectivity index (χ3v) is 2.96. The number of alkyl halides is 1. The summed E-state index contributed by atoms with van der Waals surface area (Å²) in [5.74, 6) is -0.346. The van der Waals surface area contributed by atoms with Crippen LogP contribution in [0.5, 0.6) is 0 Å². The second-order valence-electron chi connectivity index (χ2n) is 4.52. The zero-order valence-electron chi connectivity index (χ0n) is 10.2. The van der Waals surface area contributed by atoms with Crippen molar-refractivity contribution < 1.29 is 9.18 Å². The zero-order valence-corrected chi connectivity index (χ0v) is 10.2. The van der Waals surface area contributed by atoms with Gasteiger partial charge >= 0.3 is 5.69 Å². The predicted molar refractivity (Wildman–Crippen MR) is 65.7 cm³/mol. The highest BCUT2D eigenvalue weighted by Crippen LogP contribution is 2.08. The zero-order chi connectivity index (χ0) is 13.8. The fourth-order valence-corrected chi connectivity index (χ4v) is 1.97. The Morgan fingerprint density at radius 1 is 1.47 bits per heavy atom. The molecule has 2 atom stereocenters. The Hall–Kier alpha value is -1.96. The van der Waals surface area contributed by atoms with Crippen LogP contribution in [0.1, 0.15) is 12.0 Å². The van der Waals surface area contributed by atoms with Gasteiger partial charge in [-0.05, 0) is 6.42 Å². The van der Waals surface area contributed by atoms with E-state index in [1.807, 2.05) is 4.98 Å². The first-order valence-corrected chi connectivity index (χ1v) is 5.99. The Morgan fingerprint density at radius 2 is 2.26 bits per heavy atom. The van der Waals surface area contributed by atoms with Crippen molar-refractivity contribution in [2.24, 2.45) is 0 Å². The van der Waals surface area contributed by atoms with E-state index in [0.717, 1.165) is 0 Å². The van der Waals surface area contributed by atoms with Gasteiger partial charge in [-0.15, -0.1) is 0 Å². The summed E-state index contributed by atoms with van der Waals surface area (Å²) in [4.78, 5) is 38.1. The van der Waals surface area contributed by atoms with Crippen molar-refractivity contribution in [2.45, 2.75) is 25.1 Å². The van der Waals surface area contributed by atoms with Crippen LogP contribution in [-0.4, -0.2) is 41.2 Å². The van der Waals surface area contributed by atoms with Gasteiger partial charge in [0, 0.05) is 30.9 Å². The fraction of sp³-hybridized carbons (Fsp3) is 0.545. The lowest BCUT2D eigenvalue weighted by molar-refractivity contribution is -0.120.